The molecule has 0 radical (unpaired) electrons. The summed E-state index contributed by atoms with van der Waals surface area (Å²) in [4.78, 5) is 0. The lowest BCUT2D eigenvalue weighted by Gasteiger charge is -2.24. The van der Waals surface area contributed by atoms with Gasteiger partial charge in [-0.1, -0.05) is 25.5 Å². The number of ether oxygens (including phenoxy) is 2. The van der Waals surface area contributed by atoms with Gasteiger partial charge in [0.1, 0.15) is 5.75 Å². The molecule has 0 bridgehead atoms. The first kappa shape index (κ1) is 17.0. The third-order valence-corrected chi connectivity index (χ3v) is 3.68. The van der Waals surface area contributed by atoms with Crippen molar-refractivity contribution in [2.24, 2.45) is 5.73 Å². The number of hydrogen-bond acceptors (Lipinski definition) is 3. The molecule has 0 aliphatic heterocycles. The van der Waals surface area contributed by atoms with Crippen LogP contribution in [0.5, 0.6) is 5.75 Å². The molecule has 114 valence electrons. The van der Waals surface area contributed by atoms with E-state index >= 15 is 0 Å². The van der Waals surface area contributed by atoms with Gasteiger partial charge in [-0.3, -0.25) is 0 Å². The zero-order valence-corrected chi connectivity index (χ0v) is 13.3. The van der Waals surface area contributed by atoms with Crippen LogP contribution in [-0.4, -0.2) is 19.3 Å². The molecular formula is C17H29NO2. The number of hydrogen-bond donors (Lipinski definition) is 1. The third kappa shape index (κ3) is 5.93. The van der Waals surface area contributed by atoms with Crippen molar-refractivity contribution in [3.63, 3.8) is 0 Å². The third-order valence-electron chi connectivity index (χ3n) is 3.68. The summed E-state index contributed by atoms with van der Waals surface area (Å²) in [7, 11) is 1.74. The fraction of sp³-hybridized carbons (Fsp3) is 0.647. The monoisotopic (exact) mass is 279 g/mol. The summed E-state index contributed by atoms with van der Waals surface area (Å²) in [5.74, 6) is 0.923. The SMILES string of the molecule is CCCCOc1ccc(C(N)CCC(C)(C)OC)cc1. The maximum absolute atomic E-state index is 6.23. The van der Waals surface area contributed by atoms with Gasteiger partial charge >= 0.3 is 0 Å². The molecule has 1 unspecified atom stereocenters. The molecule has 1 aromatic rings. The topological polar surface area (TPSA) is 44.5 Å². The zero-order valence-electron chi connectivity index (χ0n) is 13.3. The molecule has 2 N–H and O–H groups in total. The number of benzene rings is 1. The second-order valence-corrected chi connectivity index (χ2v) is 5.88. The van der Waals surface area contributed by atoms with E-state index in [0.29, 0.717) is 0 Å². The Labute approximate surface area is 123 Å². The van der Waals surface area contributed by atoms with Crippen molar-refractivity contribution in [3.05, 3.63) is 29.8 Å². The van der Waals surface area contributed by atoms with Crippen molar-refractivity contribution < 1.29 is 9.47 Å². The normalized spacial score (nSPS) is 13.2. The van der Waals surface area contributed by atoms with E-state index in [1.807, 2.05) is 12.1 Å². The molecule has 0 saturated heterocycles. The molecule has 0 saturated carbocycles. The Hall–Kier alpha value is -1.06. The zero-order chi connectivity index (χ0) is 15.0. The lowest BCUT2D eigenvalue weighted by atomic mass is 9.95. The summed E-state index contributed by atoms with van der Waals surface area (Å²) >= 11 is 0. The first-order chi connectivity index (χ1) is 9.48. The van der Waals surface area contributed by atoms with Crippen LogP contribution in [0, 0.1) is 0 Å². The molecule has 0 heterocycles. The second-order valence-electron chi connectivity index (χ2n) is 5.88. The summed E-state index contributed by atoms with van der Waals surface area (Å²) in [6.07, 6.45) is 4.10. The minimum Gasteiger partial charge on any atom is -0.494 e. The van der Waals surface area contributed by atoms with Crippen LogP contribution < -0.4 is 10.5 Å². The van der Waals surface area contributed by atoms with Gasteiger partial charge in [0.15, 0.2) is 0 Å². The van der Waals surface area contributed by atoms with Crippen molar-refractivity contribution in [1.82, 2.24) is 0 Å². The molecule has 3 heteroatoms. The number of nitrogens with two attached hydrogens (primary N) is 1. The predicted molar refractivity (Wildman–Crippen MR) is 84.1 cm³/mol. The summed E-state index contributed by atoms with van der Waals surface area (Å²) in [6.45, 7) is 7.12. The highest BCUT2D eigenvalue weighted by Crippen LogP contribution is 2.24. The van der Waals surface area contributed by atoms with Crippen molar-refractivity contribution in [3.8, 4) is 5.75 Å². The standard InChI is InChI=1S/C17H29NO2/c1-5-6-13-20-15-9-7-14(8-10-15)16(18)11-12-17(2,3)19-4/h7-10,16H,5-6,11-13,18H2,1-4H3. The van der Waals surface area contributed by atoms with Gasteiger partial charge in [-0.25, -0.2) is 0 Å². The Morgan fingerprint density at radius 3 is 2.40 bits per heavy atom. The van der Waals surface area contributed by atoms with Gasteiger partial charge < -0.3 is 15.2 Å². The van der Waals surface area contributed by atoms with Crippen LogP contribution >= 0.6 is 0 Å². The molecule has 0 amide bonds. The first-order valence-corrected chi connectivity index (χ1v) is 7.52. The van der Waals surface area contributed by atoms with Gasteiger partial charge in [-0.15, -0.1) is 0 Å². The van der Waals surface area contributed by atoms with Crippen molar-refractivity contribution in [1.29, 1.82) is 0 Å². The van der Waals surface area contributed by atoms with Crippen molar-refractivity contribution in [2.75, 3.05) is 13.7 Å². The van der Waals surface area contributed by atoms with E-state index in [9.17, 15) is 0 Å². The summed E-state index contributed by atoms with van der Waals surface area (Å²) < 4.78 is 11.1. The van der Waals surface area contributed by atoms with Crippen LogP contribution in [0.15, 0.2) is 24.3 Å². The largest absolute Gasteiger partial charge is 0.494 e. The average molecular weight is 279 g/mol. The van der Waals surface area contributed by atoms with E-state index < -0.39 is 0 Å². The quantitative estimate of drug-likeness (QED) is 0.693. The lowest BCUT2D eigenvalue weighted by Crippen LogP contribution is -2.24. The minimum atomic E-state index is -0.110. The molecule has 1 atom stereocenters. The molecule has 0 spiro atoms. The van der Waals surface area contributed by atoms with Gasteiger partial charge in [0.05, 0.1) is 12.2 Å². The molecule has 0 aromatic heterocycles. The van der Waals surface area contributed by atoms with E-state index in [4.69, 9.17) is 15.2 Å². The van der Waals surface area contributed by atoms with Gasteiger partial charge in [-0.05, 0) is 50.8 Å². The van der Waals surface area contributed by atoms with Crippen LogP contribution in [0.2, 0.25) is 0 Å². The van der Waals surface area contributed by atoms with Gasteiger partial charge in [0.25, 0.3) is 0 Å². The smallest absolute Gasteiger partial charge is 0.119 e. The van der Waals surface area contributed by atoms with Gasteiger partial charge in [0.2, 0.25) is 0 Å². The van der Waals surface area contributed by atoms with E-state index in [2.05, 4.69) is 32.9 Å². The maximum atomic E-state index is 6.23. The van der Waals surface area contributed by atoms with Gasteiger partial charge in [-0.2, -0.15) is 0 Å². The summed E-state index contributed by atoms with van der Waals surface area (Å²) in [6, 6.07) is 8.19. The van der Waals surface area contributed by atoms with Gasteiger partial charge in [0, 0.05) is 13.2 Å². The van der Waals surface area contributed by atoms with E-state index in [1.165, 1.54) is 0 Å². The van der Waals surface area contributed by atoms with Crippen LogP contribution in [0.25, 0.3) is 0 Å². The molecule has 1 aromatic carbocycles. The van der Waals surface area contributed by atoms with Crippen LogP contribution in [0.4, 0.5) is 0 Å². The highest BCUT2D eigenvalue weighted by atomic mass is 16.5. The van der Waals surface area contributed by atoms with Crippen LogP contribution in [0.3, 0.4) is 0 Å². The Kier molecular flexibility index (Phi) is 7.03. The number of rotatable bonds is 9. The fourth-order valence-corrected chi connectivity index (χ4v) is 1.92. The molecule has 0 aliphatic rings. The van der Waals surface area contributed by atoms with Crippen LogP contribution in [0.1, 0.15) is 58.1 Å². The lowest BCUT2D eigenvalue weighted by molar-refractivity contribution is 0.0125. The fourth-order valence-electron chi connectivity index (χ4n) is 1.92. The number of unbranched alkanes of at least 4 members (excludes halogenated alkanes) is 1. The Morgan fingerprint density at radius 1 is 1.20 bits per heavy atom. The highest BCUT2D eigenvalue weighted by molar-refractivity contribution is 5.29. The van der Waals surface area contributed by atoms with Crippen LogP contribution in [-0.2, 0) is 4.74 Å². The molecular weight excluding hydrogens is 250 g/mol. The van der Waals surface area contributed by atoms with E-state index in [-0.39, 0.29) is 11.6 Å². The molecule has 0 aliphatic carbocycles. The highest BCUT2D eigenvalue weighted by Gasteiger charge is 2.18. The molecule has 3 nitrogen and oxygen atoms in total. The summed E-state index contributed by atoms with van der Waals surface area (Å²) in [5.41, 5.74) is 7.27. The Morgan fingerprint density at radius 2 is 1.85 bits per heavy atom. The molecule has 1 rings (SSSR count). The van der Waals surface area contributed by atoms with E-state index in [1.54, 1.807) is 7.11 Å². The van der Waals surface area contributed by atoms with Crippen molar-refractivity contribution in [2.45, 2.75) is 58.1 Å². The number of methoxy groups -OCH3 is 1. The second kappa shape index (κ2) is 8.28. The predicted octanol–water partition coefficient (Wildman–Crippen LogP) is 4.07. The molecule has 20 heavy (non-hydrogen) atoms. The Balaban J connectivity index is 2.46. The maximum Gasteiger partial charge on any atom is 0.119 e. The minimum absolute atomic E-state index is 0.0501. The Bertz CT molecular complexity index is 373. The summed E-state index contributed by atoms with van der Waals surface area (Å²) in [5, 5.41) is 0. The molecule has 0 fully saturated rings. The van der Waals surface area contributed by atoms with E-state index in [0.717, 1.165) is 43.6 Å². The average Bonchev–Trinajstić information content (AvgIpc) is 2.46. The van der Waals surface area contributed by atoms with Crippen molar-refractivity contribution >= 4 is 0 Å². The first-order valence-electron chi connectivity index (χ1n) is 7.52.